The lowest BCUT2D eigenvalue weighted by Crippen LogP contribution is -2.28. The number of nitrogens with two attached hydrogens (primary N) is 1. The summed E-state index contributed by atoms with van der Waals surface area (Å²) in [5, 5.41) is 9.03. The van der Waals surface area contributed by atoms with Crippen molar-refractivity contribution < 1.29 is 14.6 Å². The fraction of sp³-hybridized carbons (Fsp3) is 0.462. The van der Waals surface area contributed by atoms with Gasteiger partial charge in [-0.15, -0.1) is 0 Å². The molecule has 2 rings (SSSR count). The molecule has 1 aliphatic heterocycles. The van der Waals surface area contributed by atoms with Crippen molar-refractivity contribution >= 4 is 17.3 Å². The van der Waals surface area contributed by atoms with Crippen LogP contribution < -0.4 is 10.6 Å². The number of rotatable bonds is 4. The molecule has 0 amide bonds. The van der Waals surface area contributed by atoms with E-state index >= 15 is 0 Å². The van der Waals surface area contributed by atoms with Crippen molar-refractivity contribution in [2.75, 3.05) is 30.8 Å². The third kappa shape index (κ3) is 2.73. The van der Waals surface area contributed by atoms with Crippen LogP contribution >= 0.6 is 0 Å². The number of benzene rings is 1. The second-order valence-electron chi connectivity index (χ2n) is 4.59. The smallest absolute Gasteiger partial charge is 0.337 e. The predicted molar refractivity (Wildman–Crippen MR) is 70.1 cm³/mol. The van der Waals surface area contributed by atoms with Gasteiger partial charge in [-0.1, -0.05) is 0 Å². The van der Waals surface area contributed by atoms with Crippen LogP contribution in [-0.2, 0) is 4.74 Å². The maximum atomic E-state index is 11.0. The Hall–Kier alpha value is -1.75. The van der Waals surface area contributed by atoms with Crippen LogP contribution in [0.4, 0.5) is 11.4 Å². The number of nitrogen functional groups attached to an aromatic ring is 1. The molecule has 18 heavy (non-hydrogen) atoms. The Balaban J connectivity index is 2.11. The number of carbonyl (C=O) groups is 1. The van der Waals surface area contributed by atoms with Crippen LogP contribution in [0, 0.1) is 0 Å². The van der Waals surface area contributed by atoms with Gasteiger partial charge in [0, 0.05) is 31.6 Å². The first-order chi connectivity index (χ1) is 8.58. The van der Waals surface area contributed by atoms with Crippen molar-refractivity contribution in [1.29, 1.82) is 0 Å². The summed E-state index contributed by atoms with van der Waals surface area (Å²) in [4.78, 5) is 13.0. The molecule has 0 bridgehead atoms. The van der Waals surface area contributed by atoms with E-state index < -0.39 is 5.97 Å². The number of ether oxygens (including phenoxy) is 1. The van der Waals surface area contributed by atoms with Gasteiger partial charge < -0.3 is 20.5 Å². The second kappa shape index (κ2) is 5.27. The summed E-state index contributed by atoms with van der Waals surface area (Å²) in [6, 6.07) is 5.06. The number of carboxylic acid groups (broad SMARTS) is 1. The number of anilines is 2. The lowest BCUT2D eigenvalue weighted by atomic mass is 10.1. The van der Waals surface area contributed by atoms with E-state index in [1.807, 2.05) is 18.0 Å². The summed E-state index contributed by atoms with van der Waals surface area (Å²) in [7, 11) is 1.93. The first kappa shape index (κ1) is 12.7. The zero-order chi connectivity index (χ0) is 13.1. The molecule has 0 aliphatic carbocycles. The average molecular weight is 250 g/mol. The summed E-state index contributed by atoms with van der Waals surface area (Å²) < 4.78 is 5.56. The molecule has 0 radical (unpaired) electrons. The van der Waals surface area contributed by atoms with Crippen molar-refractivity contribution in [3.8, 4) is 0 Å². The number of hydrogen-bond donors (Lipinski definition) is 2. The molecule has 5 nitrogen and oxygen atoms in total. The molecule has 1 fully saturated rings. The van der Waals surface area contributed by atoms with E-state index in [9.17, 15) is 4.79 Å². The summed E-state index contributed by atoms with van der Waals surface area (Å²) >= 11 is 0. The van der Waals surface area contributed by atoms with E-state index in [-0.39, 0.29) is 17.4 Å². The van der Waals surface area contributed by atoms with Gasteiger partial charge in [-0.2, -0.15) is 0 Å². The Morgan fingerprint density at radius 2 is 2.39 bits per heavy atom. The SMILES string of the molecule is CN(CC1CCCO1)c1ccc(N)c(C(=O)O)c1. The fourth-order valence-electron chi connectivity index (χ4n) is 2.17. The van der Waals surface area contributed by atoms with Crippen molar-refractivity contribution in [2.45, 2.75) is 18.9 Å². The zero-order valence-electron chi connectivity index (χ0n) is 10.4. The van der Waals surface area contributed by atoms with Crippen molar-refractivity contribution in [3.63, 3.8) is 0 Å². The van der Waals surface area contributed by atoms with Crippen LogP contribution in [0.5, 0.6) is 0 Å². The van der Waals surface area contributed by atoms with Gasteiger partial charge in [-0.25, -0.2) is 4.79 Å². The molecular formula is C13H18N2O3. The first-order valence-corrected chi connectivity index (χ1v) is 6.03. The van der Waals surface area contributed by atoms with Crippen molar-refractivity contribution in [2.24, 2.45) is 0 Å². The Bertz CT molecular complexity index is 442. The number of likely N-dealkylation sites (N-methyl/N-ethyl adjacent to an activating group) is 1. The zero-order valence-corrected chi connectivity index (χ0v) is 10.4. The van der Waals surface area contributed by atoms with Gasteiger partial charge in [0.2, 0.25) is 0 Å². The molecule has 0 saturated carbocycles. The first-order valence-electron chi connectivity index (χ1n) is 6.03. The Labute approximate surface area is 106 Å². The van der Waals surface area contributed by atoms with E-state index in [2.05, 4.69) is 0 Å². The third-order valence-electron chi connectivity index (χ3n) is 3.21. The minimum atomic E-state index is -1.00. The second-order valence-corrected chi connectivity index (χ2v) is 4.59. The summed E-state index contributed by atoms with van der Waals surface area (Å²) in [5.41, 5.74) is 6.91. The average Bonchev–Trinajstić information content (AvgIpc) is 2.81. The van der Waals surface area contributed by atoms with Crippen molar-refractivity contribution in [3.05, 3.63) is 23.8 Å². The van der Waals surface area contributed by atoms with Gasteiger partial charge in [-0.3, -0.25) is 0 Å². The van der Waals surface area contributed by atoms with Gasteiger partial charge >= 0.3 is 5.97 Å². The summed E-state index contributed by atoms with van der Waals surface area (Å²) in [6.07, 6.45) is 2.40. The van der Waals surface area contributed by atoms with Gasteiger partial charge in [-0.05, 0) is 31.0 Å². The van der Waals surface area contributed by atoms with Gasteiger partial charge in [0.25, 0.3) is 0 Å². The summed E-state index contributed by atoms with van der Waals surface area (Å²) in [6.45, 7) is 1.59. The highest BCUT2D eigenvalue weighted by Gasteiger charge is 2.18. The van der Waals surface area contributed by atoms with E-state index in [0.717, 1.165) is 31.7 Å². The number of carboxylic acids is 1. The predicted octanol–water partition coefficient (Wildman–Crippen LogP) is 1.58. The largest absolute Gasteiger partial charge is 0.478 e. The molecule has 1 heterocycles. The van der Waals surface area contributed by atoms with E-state index in [4.69, 9.17) is 15.6 Å². The van der Waals surface area contributed by atoms with E-state index in [1.165, 1.54) is 0 Å². The molecule has 5 heteroatoms. The third-order valence-corrected chi connectivity index (χ3v) is 3.21. The van der Waals surface area contributed by atoms with Gasteiger partial charge in [0.15, 0.2) is 0 Å². The van der Waals surface area contributed by atoms with Crippen LogP contribution in [0.25, 0.3) is 0 Å². The number of aromatic carboxylic acids is 1. The van der Waals surface area contributed by atoms with Crippen LogP contribution in [0.3, 0.4) is 0 Å². The topological polar surface area (TPSA) is 75.8 Å². The van der Waals surface area contributed by atoms with Gasteiger partial charge in [0.05, 0.1) is 11.7 Å². The quantitative estimate of drug-likeness (QED) is 0.793. The molecule has 0 aromatic heterocycles. The molecular weight excluding hydrogens is 232 g/mol. The van der Waals surface area contributed by atoms with E-state index in [1.54, 1.807) is 12.1 Å². The Morgan fingerprint density at radius 1 is 1.61 bits per heavy atom. The Morgan fingerprint density at radius 3 is 3.00 bits per heavy atom. The maximum absolute atomic E-state index is 11.0. The van der Waals surface area contributed by atoms with E-state index in [0.29, 0.717) is 0 Å². The Kier molecular flexibility index (Phi) is 3.72. The highest BCUT2D eigenvalue weighted by molar-refractivity contribution is 5.94. The van der Waals surface area contributed by atoms with Crippen molar-refractivity contribution in [1.82, 2.24) is 0 Å². The number of hydrogen-bond acceptors (Lipinski definition) is 4. The highest BCUT2D eigenvalue weighted by atomic mass is 16.5. The minimum absolute atomic E-state index is 0.145. The molecule has 1 saturated heterocycles. The lowest BCUT2D eigenvalue weighted by Gasteiger charge is -2.23. The number of nitrogens with zero attached hydrogens (tertiary/aromatic N) is 1. The monoisotopic (exact) mass is 250 g/mol. The van der Waals surface area contributed by atoms with Crippen LogP contribution in [0.15, 0.2) is 18.2 Å². The van der Waals surface area contributed by atoms with Crippen LogP contribution in [0.2, 0.25) is 0 Å². The molecule has 3 N–H and O–H groups in total. The molecule has 1 aliphatic rings. The maximum Gasteiger partial charge on any atom is 0.337 e. The summed E-state index contributed by atoms with van der Waals surface area (Å²) in [5.74, 6) is -1.00. The highest BCUT2D eigenvalue weighted by Crippen LogP contribution is 2.22. The molecule has 1 unspecified atom stereocenters. The molecule has 1 aromatic carbocycles. The standard InChI is InChI=1S/C13H18N2O3/c1-15(8-10-3-2-6-18-10)9-4-5-12(14)11(7-9)13(16)17/h4-5,7,10H,2-3,6,8,14H2,1H3,(H,16,17). The molecule has 1 atom stereocenters. The lowest BCUT2D eigenvalue weighted by molar-refractivity contribution is 0.0698. The molecule has 98 valence electrons. The molecule has 1 aromatic rings. The van der Waals surface area contributed by atoms with Gasteiger partial charge in [0.1, 0.15) is 0 Å². The fourth-order valence-corrected chi connectivity index (χ4v) is 2.17. The molecule has 0 spiro atoms. The normalized spacial score (nSPS) is 18.8. The van der Waals surface area contributed by atoms with Crippen LogP contribution in [0.1, 0.15) is 23.2 Å². The minimum Gasteiger partial charge on any atom is -0.478 e. The van der Waals surface area contributed by atoms with Crippen LogP contribution in [-0.4, -0.2) is 37.4 Å².